The quantitative estimate of drug-likeness (QED) is 0.854. The van der Waals surface area contributed by atoms with E-state index >= 15 is 0 Å². The smallest absolute Gasteiger partial charge is 0.253 e. The first-order valence-corrected chi connectivity index (χ1v) is 8.22. The minimum Gasteiger partial charge on any atom is -0.395 e. The summed E-state index contributed by atoms with van der Waals surface area (Å²) in [4.78, 5) is 16.5. The second-order valence-corrected chi connectivity index (χ2v) is 7.08. The van der Waals surface area contributed by atoms with Crippen LogP contribution in [0.3, 0.4) is 0 Å². The fourth-order valence-corrected chi connectivity index (χ4v) is 2.77. The number of amides is 1. The van der Waals surface area contributed by atoms with Crippen molar-refractivity contribution in [2.75, 3.05) is 33.3 Å². The zero-order chi connectivity index (χ0) is 17.0. The summed E-state index contributed by atoms with van der Waals surface area (Å²) < 4.78 is 0. The molecule has 1 amide bonds. The van der Waals surface area contributed by atoms with Crippen molar-refractivity contribution in [2.24, 2.45) is 0 Å². The van der Waals surface area contributed by atoms with Crippen LogP contribution in [-0.2, 0) is 6.42 Å². The van der Waals surface area contributed by atoms with E-state index in [1.165, 1.54) is 0 Å². The van der Waals surface area contributed by atoms with Crippen LogP contribution in [0.1, 0.15) is 36.2 Å². The number of carbonyl (C=O) groups is 1. The Kier molecular flexibility index (Phi) is 5.79. The maximum Gasteiger partial charge on any atom is 0.253 e. The van der Waals surface area contributed by atoms with E-state index in [0.29, 0.717) is 25.1 Å². The van der Waals surface area contributed by atoms with E-state index < -0.39 is 5.60 Å². The molecule has 0 spiro atoms. The fourth-order valence-electron chi connectivity index (χ4n) is 2.77. The number of benzene rings is 1. The van der Waals surface area contributed by atoms with Crippen molar-refractivity contribution < 1.29 is 15.0 Å². The number of hydrogen-bond donors (Lipinski definition) is 2. The van der Waals surface area contributed by atoms with Gasteiger partial charge in [0.15, 0.2) is 0 Å². The molecule has 1 saturated heterocycles. The lowest BCUT2D eigenvalue weighted by Gasteiger charge is -2.38. The van der Waals surface area contributed by atoms with Gasteiger partial charge in [0.1, 0.15) is 0 Å². The van der Waals surface area contributed by atoms with E-state index in [4.69, 9.17) is 0 Å². The molecule has 23 heavy (non-hydrogen) atoms. The molecule has 5 nitrogen and oxygen atoms in total. The molecule has 1 aromatic carbocycles. The number of carbonyl (C=O) groups excluding carboxylic acids is 1. The molecule has 0 aliphatic carbocycles. The number of aryl methyl sites for hydroxylation is 1. The minimum absolute atomic E-state index is 0.0127. The van der Waals surface area contributed by atoms with Crippen LogP contribution in [0.4, 0.5) is 0 Å². The van der Waals surface area contributed by atoms with Gasteiger partial charge < -0.3 is 15.1 Å². The van der Waals surface area contributed by atoms with E-state index in [-0.39, 0.29) is 18.6 Å². The third-order valence-electron chi connectivity index (χ3n) is 4.50. The van der Waals surface area contributed by atoms with E-state index in [9.17, 15) is 15.0 Å². The molecule has 0 saturated carbocycles. The van der Waals surface area contributed by atoms with Crippen LogP contribution in [0.15, 0.2) is 24.3 Å². The van der Waals surface area contributed by atoms with Crippen molar-refractivity contribution in [3.63, 3.8) is 0 Å². The lowest BCUT2D eigenvalue weighted by molar-refractivity contribution is 0.0420. The van der Waals surface area contributed by atoms with Gasteiger partial charge in [0, 0.05) is 25.2 Å². The normalized spacial score (nSPS) is 19.9. The Morgan fingerprint density at radius 1 is 1.26 bits per heavy atom. The van der Waals surface area contributed by atoms with Crippen LogP contribution in [0.5, 0.6) is 0 Å². The molecule has 0 radical (unpaired) electrons. The molecular weight excluding hydrogens is 292 g/mol. The van der Waals surface area contributed by atoms with Crippen molar-refractivity contribution >= 4 is 5.91 Å². The van der Waals surface area contributed by atoms with Gasteiger partial charge in [0.25, 0.3) is 5.91 Å². The number of aliphatic hydroxyl groups is 2. The number of rotatable bonds is 5. The largest absolute Gasteiger partial charge is 0.395 e. The zero-order valence-corrected chi connectivity index (χ0v) is 14.3. The molecule has 5 heteroatoms. The molecule has 128 valence electrons. The first kappa shape index (κ1) is 17.9. The lowest BCUT2D eigenvalue weighted by Crippen LogP contribution is -2.54. The molecule has 2 N–H and O–H groups in total. The summed E-state index contributed by atoms with van der Waals surface area (Å²) >= 11 is 0. The van der Waals surface area contributed by atoms with Gasteiger partial charge in [-0.1, -0.05) is 12.1 Å². The molecule has 2 rings (SSSR count). The SMILES string of the molecule is CN1CCN(C(=O)c2ccc(CCC(C)(C)O)cc2)C[C@@H]1CO. The summed E-state index contributed by atoms with van der Waals surface area (Å²) in [6, 6.07) is 7.64. The molecule has 1 aromatic rings. The maximum absolute atomic E-state index is 12.6. The number of likely N-dealkylation sites (N-methyl/N-ethyl adjacent to an activating group) is 1. The fraction of sp³-hybridized carbons (Fsp3) is 0.611. The Morgan fingerprint density at radius 3 is 2.48 bits per heavy atom. The Labute approximate surface area is 138 Å². The van der Waals surface area contributed by atoms with E-state index in [1.54, 1.807) is 13.8 Å². The van der Waals surface area contributed by atoms with E-state index in [1.807, 2.05) is 36.2 Å². The van der Waals surface area contributed by atoms with Crippen LogP contribution in [0.2, 0.25) is 0 Å². The summed E-state index contributed by atoms with van der Waals surface area (Å²) in [5.74, 6) is 0.0191. The molecule has 0 unspecified atom stereocenters. The van der Waals surface area contributed by atoms with Crippen LogP contribution in [-0.4, -0.2) is 70.9 Å². The molecule has 1 heterocycles. The summed E-state index contributed by atoms with van der Waals surface area (Å²) in [6.07, 6.45) is 1.48. The second kappa shape index (κ2) is 7.43. The molecule has 0 bridgehead atoms. The van der Waals surface area contributed by atoms with Gasteiger partial charge in [0.2, 0.25) is 0 Å². The Morgan fingerprint density at radius 2 is 1.91 bits per heavy atom. The van der Waals surface area contributed by atoms with Crippen LogP contribution in [0, 0.1) is 0 Å². The van der Waals surface area contributed by atoms with Crippen molar-refractivity contribution in [1.82, 2.24) is 9.80 Å². The Hall–Kier alpha value is -1.43. The van der Waals surface area contributed by atoms with Gasteiger partial charge in [-0.3, -0.25) is 9.69 Å². The second-order valence-electron chi connectivity index (χ2n) is 7.08. The van der Waals surface area contributed by atoms with Gasteiger partial charge in [0.05, 0.1) is 18.2 Å². The first-order chi connectivity index (χ1) is 10.8. The van der Waals surface area contributed by atoms with Gasteiger partial charge >= 0.3 is 0 Å². The van der Waals surface area contributed by atoms with Crippen molar-refractivity contribution in [1.29, 1.82) is 0 Å². The highest BCUT2D eigenvalue weighted by atomic mass is 16.3. The highest BCUT2D eigenvalue weighted by Gasteiger charge is 2.27. The van der Waals surface area contributed by atoms with Gasteiger partial charge in [-0.15, -0.1) is 0 Å². The minimum atomic E-state index is -0.673. The van der Waals surface area contributed by atoms with Crippen LogP contribution in [0.25, 0.3) is 0 Å². The maximum atomic E-state index is 12.6. The molecule has 1 atom stereocenters. The van der Waals surface area contributed by atoms with Crippen molar-refractivity contribution in [2.45, 2.75) is 38.3 Å². The van der Waals surface area contributed by atoms with Crippen molar-refractivity contribution in [3.05, 3.63) is 35.4 Å². The average molecular weight is 320 g/mol. The first-order valence-electron chi connectivity index (χ1n) is 8.22. The molecule has 1 aliphatic heterocycles. The summed E-state index contributed by atoms with van der Waals surface area (Å²) in [5.41, 5.74) is 1.13. The van der Waals surface area contributed by atoms with E-state index in [0.717, 1.165) is 18.5 Å². The van der Waals surface area contributed by atoms with Gasteiger partial charge in [-0.05, 0) is 51.4 Å². The molecule has 0 aromatic heterocycles. The van der Waals surface area contributed by atoms with Crippen molar-refractivity contribution in [3.8, 4) is 0 Å². The standard InChI is InChI=1S/C18H28N2O3/c1-18(2,23)9-8-14-4-6-15(7-5-14)17(22)20-11-10-19(3)16(12-20)13-21/h4-7,16,21,23H,8-13H2,1-3H3/t16-/m1/s1. The van der Waals surface area contributed by atoms with E-state index in [2.05, 4.69) is 4.90 Å². The summed E-state index contributed by atoms with van der Waals surface area (Å²) in [7, 11) is 1.97. The third kappa shape index (κ3) is 5.03. The number of nitrogens with zero attached hydrogens (tertiary/aromatic N) is 2. The third-order valence-corrected chi connectivity index (χ3v) is 4.50. The highest BCUT2D eigenvalue weighted by Crippen LogP contribution is 2.16. The number of hydrogen-bond acceptors (Lipinski definition) is 4. The predicted octanol–water partition coefficient (Wildman–Crippen LogP) is 1.14. The molecular formula is C18H28N2O3. The van der Waals surface area contributed by atoms with Gasteiger partial charge in [-0.2, -0.15) is 0 Å². The highest BCUT2D eigenvalue weighted by molar-refractivity contribution is 5.94. The summed E-state index contributed by atoms with van der Waals surface area (Å²) in [5, 5.41) is 19.2. The van der Waals surface area contributed by atoms with Crippen LogP contribution < -0.4 is 0 Å². The number of aliphatic hydroxyl groups excluding tert-OH is 1. The lowest BCUT2D eigenvalue weighted by atomic mass is 9.98. The Balaban J connectivity index is 1.97. The average Bonchev–Trinajstić information content (AvgIpc) is 2.52. The summed E-state index contributed by atoms with van der Waals surface area (Å²) in [6.45, 7) is 5.70. The van der Waals surface area contributed by atoms with Crippen LogP contribution >= 0.6 is 0 Å². The topological polar surface area (TPSA) is 64.0 Å². The Bertz CT molecular complexity index is 522. The zero-order valence-electron chi connectivity index (χ0n) is 14.3. The predicted molar refractivity (Wildman–Crippen MR) is 90.5 cm³/mol. The monoisotopic (exact) mass is 320 g/mol. The number of piperazine rings is 1. The molecule has 1 aliphatic rings. The molecule has 1 fully saturated rings. The van der Waals surface area contributed by atoms with Gasteiger partial charge in [-0.25, -0.2) is 0 Å².